The van der Waals surface area contributed by atoms with Crippen molar-refractivity contribution in [3.05, 3.63) is 14.5 Å². The Balaban J connectivity index is 1.92. The van der Waals surface area contributed by atoms with E-state index in [1.807, 2.05) is 6.92 Å². The molecule has 0 radical (unpaired) electrons. The molecule has 0 spiro atoms. The van der Waals surface area contributed by atoms with Gasteiger partial charge in [-0.15, -0.1) is 11.3 Å². The molecule has 1 aromatic rings. The van der Waals surface area contributed by atoms with Gasteiger partial charge in [0.2, 0.25) is 5.91 Å². The van der Waals surface area contributed by atoms with E-state index in [0.29, 0.717) is 6.42 Å². The second-order valence-corrected chi connectivity index (χ2v) is 6.65. The van der Waals surface area contributed by atoms with Crippen molar-refractivity contribution in [3.8, 4) is 0 Å². The SMILES string of the molecule is CC[C@@H](NC(=O)Cc1sc(=S)[nH]c1C)[C@@H]1CCCO1. The van der Waals surface area contributed by atoms with Crippen molar-refractivity contribution < 1.29 is 9.53 Å². The zero-order valence-corrected chi connectivity index (χ0v) is 13.0. The van der Waals surface area contributed by atoms with Crippen LogP contribution in [-0.4, -0.2) is 29.6 Å². The van der Waals surface area contributed by atoms with Gasteiger partial charge in [0.05, 0.1) is 18.6 Å². The smallest absolute Gasteiger partial charge is 0.225 e. The molecule has 2 atom stereocenters. The molecule has 0 saturated carbocycles. The molecular weight excluding hydrogens is 280 g/mol. The minimum Gasteiger partial charge on any atom is -0.376 e. The molecule has 1 aliphatic heterocycles. The Morgan fingerprint density at radius 1 is 1.68 bits per heavy atom. The number of carbonyl (C=O) groups excluding carboxylic acids is 1. The van der Waals surface area contributed by atoms with Gasteiger partial charge in [-0.1, -0.05) is 6.92 Å². The number of carbonyl (C=O) groups is 1. The van der Waals surface area contributed by atoms with E-state index in [4.69, 9.17) is 17.0 Å². The zero-order chi connectivity index (χ0) is 13.8. The van der Waals surface area contributed by atoms with Gasteiger partial charge < -0.3 is 15.0 Å². The monoisotopic (exact) mass is 300 g/mol. The highest BCUT2D eigenvalue weighted by Gasteiger charge is 2.26. The van der Waals surface area contributed by atoms with Gasteiger partial charge in [-0.3, -0.25) is 4.79 Å². The van der Waals surface area contributed by atoms with Crippen molar-refractivity contribution in [2.45, 2.75) is 51.7 Å². The largest absolute Gasteiger partial charge is 0.376 e. The Bertz CT molecular complexity index is 489. The molecule has 1 amide bonds. The quantitative estimate of drug-likeness (QED) is 0.822. The number of aromatic amines is 1. The summed E-state index contributed by atoms with van der Waals surface area (Å²) in [6.45, 7) is 4.85. The van der Waals surface area contributed by atoms with Crippen LogP contribution >= 0.6 is 23.6 Å². The second-order valence-electron chi connectivity index (χ2n) is 4.87. The molecule has 106 valence electrons. The van der Waals surface area contributed by atoms with Crippen molar-refractivity contribution >= 4 is 29.5 Å². The Hall–Kier alpha value is -0.720. The molecule has 2 N–H and O–H groups in total. The number of hydrogen-bond donors (Lipinski definition) is 2. The number of hydrogen-bond acceptors (Lipinski definition) is 4. The first-order valence-corrected chi connectivity index (χ1v) is 7.92. The Kier molecular flexibility index (Phi) is 5.13. The van der Waals surface area contributed by atoms with Gasteiger partial charge in [-0.25, -0.2) is 0 Å². The van der Waals surface area contributed by atoms with E-state index in [0.717, 1.165) is 40.4 Å². The van der Waals surface area contributed by atoms with E-state index in [9.17, 15) is 4.79 Å². The number of thiazole rings is 1. The predicted molar refractivity (Wildman–Crippen MR) is 79.1 cm³/mol. The van der Waals surface area contributed by atoms with Crippen molar-refractivity contribution in [1.82, 2.24) is 10.3 Å². The summed E-state index contributed by atoms with van der Waals surface area (Å²) in [6.07, 6.45) is 3.61. The Morgan fingerprint density at radius 3 is 3.00 bits per heavy atom. The van der Waals surface area contributed by atoms with Crippen molar-refractivity contribution in [1.29, 1.82) is 0 Å². The molecule has 1 saturated heterocycles. The van der Waals surface area contributed by atoms with Crippen LogP contribution in [0.15, 0.2) is 0 Å². The van der Waals surface area contributed by atoms with Crippen LogP contribution in [0.25, 0.3) is 0 Å². The van der Waals surface area contributed by atoms with E-state index in [1.165, 1.54) is 11.3 Å². The van der Waals surface area contributed by atoms with E-state index < -0.39 is 0 Å². The number of H-pyrrole nitrogens is 1. The summed E-state index contributed by atoms with van der Waals surface area (Å²) in [4.78, 5) is 16.2. The third-order valence-corrected chi connectivity index (χ3v) is 4.78. The Labute approximate surface area is 122 Å². The molecule has 1 aromatic heterocycles. The number of amides is 1. The average molecular weight is 300 g/mol. The van der Waals surface area contributed by atoms with Crippen LogP contribution in [0, 0.1) is 10.9 Å². The molecule has 1 aliphatic rings. The predicted octanol–water partition coefficient (Wildman–Crippen LogP) is 2.73. The number of nitrogens with one attached hydrogen (secondary N) is 2. The number of aryl methyl sites for hydroxylation is 1. The van der Waals surface area contributed by atoms with Crippen molar-refractivity contribution in [3.63, 3.8) is 0 Å². The summed E-state index contributed by atoms with van der Waals surface area (Å²) < 4.78 is 6.38. The highest BCUT2D eigenvalue weighted by Crippen LogP contribution is 2.19. The summed E-state index contributed by atoms with van der Waals surface area (Å²) in [5.74, 6) is 0.0516. The summed E-state index contributed by atoms with van der Waals surface area (Å²) >= 11 is 6.56. The van der Waals surface area contributed by atoms with Crippen LogP contribution in [0.1, 0.15) is 36.8 Å². The van der Waals surface area contributed by atoms with Crippen LogP contribution in [0.3, 0.4) is 0 Å². The second kappa shape index (κ2) is 6.63. The van der Waals surface area contributed by atoms with E-state index >= 15 is 0 Å². The molecule has 2 rings (SSSR count). The van der Waals surface area contributed by atoms with Crippen LogP contribution in [0.4, 0.5) is 0 Å². The maximum atomic E-state index is 12.1. The van der Waals surface area contributed by atoms with Crippen LogP contribution in [-0.2, 0) is 16.0 Å². The lowest BCUT2D eigenvalue weighted by Crippen LogP contribution is -2.43. The zero-order valence-electron chi connectivity index (χ0n) is 11.3. The fraction of sp³-hybridized carbons (Fsp3) is 0.692. The number of ether oxygens (including phenoxy) is 1. The molecule has 0 aliphatic carbocycles. The molecule has 4 nitrogen and oxygen atoms in total. The van der Waals surface area contributed by atoms with Gasteiger partial charge in [0.15, 0.2) is 3.95 Å². The van der Waals surface area contributed by atoms with Crippen molar-refractivity contribution in [2.24, 2.45) is 0 Å². The lowest BCUT2D eigenvalue weighted by Gasteiger charge is -2.22. The van der Waals surface area contributed by atoms with Crippen LogP contribution in [0.5, 0.6) is 0 Å². The van der Waals surface area contributed by atoms with E-state index in [2.05, 4.69) is 17.2 Å². The fourth-order valence-electron chi connectivity index (χ4n) is 2.39. The van der Waals surface area contributed by atoms with Crippen molar-refractivity contribution in [2.75, 3.05) is 6.61 Å². The third-order valence-electron chi connectivity index (χ3n) is 3.44. The first-order valence-electron chi connectivity index (χ1n) is 6.69. The number of rotatable bonds is 5. The molecular formula is C13H20N2O2S2. The normalized spacial score (nSPS) is 20.4. The van der Waals surface area contributed by atoms with Gasteiger partial charge in [0, 0.05) is 17.2 Å². The molecule has 0 bridgehead atoms. The molecule has 2 heterocycles. The topological polar surface area (TPSA) is 54.1 Å². The first-order chi connectivity index (χ1) is 9.10. The van der Waals surface area contributed by atoms with Gasteiger partial charge in [-0.05, 0) is 38.4 Å². The first kappa shape index (κ1) is 14.7. The van der Waals surface area contributed by atoms with Gasteiger partial charge in [0.25, 0.3) is 0 Å². The summed E-state index contributed by atoms with van der Waals surface area (Å²) in [5, 5.41) is 3.09. The van der Waals surface area contributed by atoms with Crippen LogP contribution in [0.2, 0.25) is 0 Å². The van der Waals surface area contributed by atoms with Gasteiger partial charge in [0.1, 0.15) is 0 Å². The maximum absolute atomic E-state index is 12.1. The summed E-state index contributed by atoms with van der Waals surface area (Å²) in [5.41, 5.74) is 0.996. The lowest BCUT2D eigenvalue weighted by molar-refractivity contribution is -0.122. The number of aromatic nitrogens is 1. The maximum Gasteiger partial charge on any atom is 0.225 e. The fourth-order valence-corrected chi connectivity index (χ4v) is 3.68. The third kappa shape index (κ3) is 3.87. The summed E-state index contributed by atoms with van der Waals surface area (Å²) in [6, 6.07) is 0.127. The minimum atomic E-state index is 0.0516. The minimum absolute atomic E-state index is 0.0516. The van der Waals surface area contributed by atoms with E-state index in [1.54, 1.807) is 0 Å². The van der Waals surface area contributed by atoms with Crippen LogP contribution < -0.4 is 5.32 Å². The molecule has 1 fully saturated rings. The highest BCUT2D eigenvalue weighted by molar-refractivity contribution is 7.73. The molecule has 6 heteroatoms. The Morgan fingerprint density at radius 2 is 2.47 bits per heavy atom. The highest BCUT2D eigenvalue weighted by atomic mass is 32.1. The standard InChI is InChI=1S/C13H20N2O2S2/c1-3-9(10-5-4-6-17-10)15-12(16)7-11-8(2)14-13(18)19-11/h9-10H,3-7H2,1-2H3,(H,14,18)(H,15,16)/t9-,10+/m1/s1. The van der Waals surface area contributed by atoms with E-state index in [-0.39, 0.29) is 18.1 Å². The molecule has 0 unspecified atom stereocenters. The summed E-state index contributed by atoms with van der Waals surface area (Å²) in [7, 11) is 0. The average Bonchev–Trinajstić information content (AvgIpc) is 2.97. The molecule has 0 aromatic carbocycles. The lowest BCUT2D eigenvalue weighted by atomic mass is 10.1. The van der Waals surface area contributed by atoms with Gasteiger partial charge in [-0.2, -0.15) is 0 Å². The molecule has 19 heavy (non-hydrogen) atoms. The van der Waals surface area contributed by atoms with Gasteiger partial charge >= 0.3 is 0 Å².